The summed E-state index contributed by atoms with van der Waals surface area (Å²) in [5, 5.41) is 4.51. The number of hydrogen-bond donors (Lipinski definition) is 2. The lowest BCUT2D eigenvalue weighted by Crippen LogP contribution is -2.44. The molecule has 1 aromatic carbocycles. The molecule has 4 rings (SSSR count). The van der Waals surface area contributed by atoms with Crippen molar-refractivity contribution in [3.63, 3.8) is 0 Å². The van der Waals surface area contributed by atoms with Gasteiger partial charge >= 0.3 is 0 Å². The van der Waals surface area contributed by atoms with Crippen LogP contribution in [0, 0.1) is 5.92 Å². The molecule has 0 radical (unpaired) electrons. The first-order chi connectivity index (χ1) is 20.2. The van der Waals surface area contributed by atoms with Gasteiger partial charge in [0.15, 0.2) is 5.65 Å². The van der Waals surface area contributed by atoms with E-state index in [1.54, 1.807) is 18.3 Å². The number of carbonyl (C=O) groups is 2. The zero-order valence-corrected chi connectivity index (χ0v) is 26.7. The van der Waals surface area contributed by atoms with E-state index in [4.69, 9.17) is 55.5 Å². The second kappa shape index (κ2) is 14.7. The van der Waals surface area contributed by atoms with E-state index in [9.17, 15) is 9.59 Å². The van der Waals surface area contributed by atoms with E-state index in [2.05, 4.69) is 35.6 Å². The second-order valence-electron chi connectivity index (χ2n) is 11.0. The molecule has 1 aliphatic carbocycles. The van der Waals surface area contributed by atoms with E-state index < -0.39 is 0 Å². The van der Waals surface area contributed by atoms with Crippen molar-refractivity contribution in [2.75, 3.05) is 10.2 Å². The van der Waals surface area contributed by atoms with E-state index in [1.165, 1.54) is 0 Å². The average Bonchev–Trinajstić information content (AvgIpc) is 3.33. The van der Waals surface area contributed by atoms with Crippen LogP contribution >= 0.6 is 34.8 Å². The number of imidazole rings is 1. The van der Waals surface area contributed by atoms with E-state index in [0.29, 0.717) is 63.1 Å². The van der Waals surface area contributed by atoms with Crippen molar-refractivity contribution in [2.45, 2.75) is 103 Å². The summed E-state index contributed by atoms with van der Waals surface area (Å²) >= 11 is 19.2. The van der Waals surface area contributed by atoms with Crippen LogP contribution < -0.4 is 16.0 Å². The molecule has 0 spiro atoms. The Bertz CT molecular complexity index is 1370. The van der Waals surface area contributed by atoms with E-state index in [-0.39, 0.29) is 30.0 Å². The molecule has 1 aliphatic rings. The number of fused-ring (bicyclic) bond motifs is 1. The predicted octanol–water partition coefficient (Wildman–Crippen LogP) is 7.89. The molecule has 3 N–H and O–H groups in total. The van der Waals surface area contributed by atoms with E-state index >= 15 is 0 Å². The van der Waals surface area contributed by atoms with Crippen LogP contribution in [0.15, 0.2) is 18.3 Å². The van der Waals surface area contributed by atoms with Gasteiger partial charge in [0.05, 0.1) is 21.9 Å². The summed E-state index contributed by atoms with van der Waals surface area (Å²) in [5.74, 6) is 0.757. The van der Waals surface area contributed by atoms with Gasteiger partial charge < -0.3 is 20.7 Å². The molecule has 2 atom stereocenters. The Balaban J connectivity index is 1.85. The molecule has 228 valence electrons. The van der Waals surface area contributed by atoms with Gasteiger partial charge in [-0.25, -0.2) is 9.97 Å². The lowest BCUT2D eigenvalue weighted by atomic mass is 9.85. The second-order valence-corrected chi connectivity index (χ2v) is 12.3. The average molecular weight is 637 g/mol. The number of benzene rings is 1. The normalized spacial score (nSPS) is 18.5. The lowest BCUT2D eigenvalue weighted by Gasteiger charge is -2.38. The summed E-state index contributed by atoms with van der Waals surface area (Å²) in [6.45, 7) is 6.50. The molecule has 1 fully saturated rings. The number of nitrogens with two attached hydrogens (primary N) is 1. The van der Waals surface area contributed by atoms with Gasteiger partial charge in [0.1, 0.15) is 11.8 Å². The highest BCUT2D eigenvalue weighted by Gasteiger charge is 2.31. The van der Waals surface area contributed by atoms with Gasteiger partial charge in [-0.05, 0) is 63.5 Å². The summed E-state index contributed by atoms with van der Waals surface area (Å²) in [6, 6.07) is 3.62. The number of rotatable bonds is 14. The third-order valence-corrected chi connectivity index (χ3v) is 9.14. The predicted molar refractivity (Wildman–Crippen MR) is 171 cm³/mol. The Kier molecular flexibility index (Phi) is 11.3. The fourth-order valence-corrected chi connectivity index (χ4v) is 7.04. The van der Waals surface area contributed by atoms with Crippen molar-refractivity contribution in [2.24, 2.45) is 11.7 Å². The number of nitrogens with one attached hydrogen (secondary N) is 1. The summed E-state index contributed by atoms with van der Waals surface area (Å²) in [6.07, 6.45) is 10.6. The minimum Gasteiger partial charge on any atom is -0.369 e. The third-order valence-electron chi connectivity index (χ3n) is 8.33. The first-order valence-electron chi connectivity index (χ1n) is 14.9. The van der Waals surface area contributed by atoms with Crippen LogP contribution in [0.5, 0.6) is 0 Å². The first kappa shape index (κ1) is 32.3. The van der Waals surface area contributed by atoms with Gasteiger partial charge in [-0.2, -0.15) is 4.98 Å². The summed E-state index contributed by atoms with van der Waals surface area (Å²) < 4.78 is 2.09. The third kappa shape index (κ3) is 7.12. The Morgan fingerprint density at radius 2 is 1.71 bits per heavy atom. The number of aromatic nitrogens is 4. The monoisotopic (exact) mass is 635 g/mol. The van der Waals surface area contributed by atoms with Gasteiger partial charge in [0.25, 0.3) is 0 Å². The smallest absolute Gasteiger partial charge is 0.227 e. The maximum absolute atomic E-state index is 11.9. The molecule has 0 bridgehead atoms. The summed E-state index contributed by atoms with van der Waals surface area (Å²) in [4.78, 5) is 40.4. The Labute approximate surface area is 262 Å². The topological polar surface area (TPSA) is 119 Å². The number of primary amides is 1. The molecule has 42 heavy (non-hydrogen) atoms. The van der Waals surface area contributed by atoms with Crippen LogP contribution in [0.4, 0.5) is 17.6 Å². The standard InChI is InChI=1S/C30H40Cl3N7O2/c1-4-8-20(5-2)39(21(6-3)9-7-14-41)29-35-17-25-28(38-29)40(22-12-10-18(11-13-22)27(34)42)30(36-25)37-26-23(32)15-19(31)16-24(26)33/h14-18,20-22H,4-13H2,1-3H3,(H2,34,42)(H,36,37)/t18?,20-,21-,22?/m0/s1. The highest BCUT2D eigenvalue weighted by molar-refractivity contribution is 6.41. The maximum Gasteiger partial charge on any atom is 0.227 e. The molecule has 2 heterocycles. The van der Waals surface area contributed by atoms with Crippen LogP contribution in [-0.4, -0.2) is 43.8 Å². The van der Waals surface area contributed by atoms with Crippen LogP contribution in [-0.2, 0) is 9.59 Å². The molecule has 3 aromatic rings. The fourth-order valence-electron chi connectivity index (χ4n) is 6.13. The number of hydrogen-bond acceptors (Lipinski definition) is 7. The number of carbonyl (C=O) groups excluding carboxylic acids is 2. The highest BCUT2D eigenvalue weighted by Crippen LogP contribution is 2.40. The van der Waals surface area contributed by atoms with Gasteiger partial charge in [-0.3, -0.25) is 9.36 Å². The zero-order valence-electron chi connectivity index (χ0n) is 24.5. The van der Waals surface area contributed by atoms with Crippen LogP contribution in [0.25, 0.3) is 11.2 Å². The zero-order chi connectivity index (χ0) is 30.4. The molecule has 0 saturated heterocycles. The number of amides is 1. The number of halogens is 3. The Morgan fingerprint density at radius 1 is 1.07 bits per heavy atom. The molecule has 0 unspecified atom stereocenters. The van der Waals surface area contributed by atoms with E-state index in [1.807, 2.05) is 0 Å². The number of anilines is 3. The minimum absolute atomic E-state index is 0.0174. The largest absolute Gasteiger partial charge is 0.369 e. The van der Waals surface area contributed by atoms with E-state index in [0.717, 1.165) is 51.2 Å². The lowest BCUT2D eigenvalue weighted by molar-refractivity contribution is -0.122. The molecule has 2 aromatic heterocycles. The van der Waals surface area contributed by atoms with Crippen molar-refractivity contribution in [1.82, 2.24) is 19.5 Å². The molecule has 9 nitrogen and oxygen atoms in total. The maximum atomic E-state index is 11.9. The van der Waals surface area contributed by atoms with Crippen molar-refractivity contribution < 1.29 is 9.59 Å². The fraction of sp³-hybridized carbons (Fsp3) is 0.567. The van der Waals surface area contributed by atoms with Crippen molar-refractivity contribution in [3.8, 4) is 0 Å². The molecule has 1 amide bonds. The first-order valence-corrected chi connectivity index (χ1v) is 16.0. The van der Waals surface area contributed by atoms with Crippen molar-refractivity contribution in [3.05, 3.63) is 33.4 Å². The van der Waals surface area contributed by atoms with Crippen LogP contribution in [0.1, 0.15) is 91.0 Å². The van der Waals surface area contributed by atoms with Crippen LogP contribution in [0.2, 0.25) is 15.1 Å². The molecular weight excluding hydrogens is 597 g/mol. The molecule has 12 heteroatoms. The summed E-state index contributed by atoms with van der Waals surface area (Å²) in [7, 11) is 0. The minimum atomic E-state index is -0.260. The highest BCUT2D eigenvalue weighted by atomic mass is 35.5. The number of nitrogens with zero attached hydrogens (tertiary/aromatic N) is 5. The Morgan fingerprint density at radius 3 is 2.29 bits per heavy atom. The van der Waals surface area contributed by atoms with Gasteiger partial charge in [0, 0.05) is 35.5 Å². The van der Waals surface area contributed by atoms with Crippen molar-refractivity contribution >= 4 is 75.7 Å². The Hall–Kier alpha value is -2.62. The van der Waals surface area contributed by atoms with Crippen LogP contribution in [0.3, 0.4) is 0 Å². The number of aldehydes is 1. The molecule has 1 saturated carbocycles. The van der Waals surface area contributed by atoms with Gasteiger partial charge in [-0.15, -0.1) is 0 Å². The molecule has 0 aliphatic heterocycles. The summed E-state index contributed by atoms with van der Waals surface area (Å²) in [5.41, 5.74) is 7.45. The van der Waals surface area contributed by atoms with Crippen molar-refractivity contribution in [1.29, 1.82) is 0 Å². The molecular formula is C30H40Cl3N7O2. The quantitative estimate of drug-likeness (QED) is 0.173. The van der Waals surface area contributed by atoms with Gasteiger partial charge in [0.2, 0.25) is 17.8 Å². The van der Waals surface area contributed by atoms with Gasteiger partial charge in [-0.1, -0.05) is 62.0 Å². The SMILES string of the molecule is CCC[C@H](CC)N(c1ncc2nc(Nc3c(Cl)cc(Cl)cc3Cl)n(C3CCC(C(N)=O)CC3)c2n1)[C@@H](CC)CCC=O.